The van der Waals surface area contributed by atoms with E-state index in [1.54, 1.807) is 12.1 Å². The average Bonchev–Trinajstić information content (AvgIpc) is 3.17. The number of ether oxygens (including phenoxy) is 2. The Morgan fingerprint density at radius 3 is 2.33 bits per heavy atom. The fourth-order valence-electron chi connectivity index (χ4n) is 4.18. The molecule has 1 aliphatic heterocycles. The number of fused-ring (bicyclic) bond motifs is 1. The van der Waals surface area contributed by atoms with E-state index < -0.39 is 18.0 Å². The van der Waals surface area contributed by atoms with Gasteiger partial charge in [-0.3, -0.25) is 9.59 Å². The molecule has 4 atom stereocenters. The molecule has 5 nitrogen and oxygen atoms in total. The second-order valence-corrected chi connectivity index (χ2v) is 7.16. The monoisotopic (exact) mass is 364 g/mol. The molecule has 0 aromatic heterocycles. The van der Waals surface area contributed by atoms with Gasteiger partial charge in [-0.25, -0.2) is 4.79 Å². The summed E-state index contributed by atoms with van der Waals surface area (Å²) in [7, 11) is 0. The van der Waals surface area contributed by atoms with E-state index in [9.17, 15) is 14.4 Å². The quantitative estimate of drug-likeness (QED) is 0.778. The minimum Gasteiger partial charge on any atom is -0.462 e. The van der Waals surface area contributed by atoms with Crippen molar-refractivity contribution < 1.29 is 23.9 Å². The van der Waals surface area contributed by atoms with Gasteiger partial charge in [0.2, 0.25) is 0 Å². The van der Waals surface area contributed by atoms with Crippen molar-refractivity contribution in [1.82, 2.24) is 0 Å². The van der Waals surface area contributed by atoms with Gasteiger partial charge < -0.3 is 9.47 Å². The summed E-state index contributed by atoms with van der Waals surface area (Å²) in [5.41, 5.74) is 2.52. The zero-order valence-electron chi connectivity index (χ0n) is 15.0. The van der Waals surface area contributed by atoms with Crippen LogP contribution in [0.2, 0.25) is 0 Å². The first kappa shape index (κ1) is 17.5. The predicted octanol–water partition coefficient (Wildman–Crippen LogP) is 3.42. The second kappa shape index (κ2) is 6.99. The van der Waals surface area contributed by atoms with Crippen molar-refractivity contribution >= 4 is 17.7 Å². The van der Waals surface area contributed by atoms with Crippen LogP contribution in [-0.2, 0) is 19.1 Å². The average molecular weight is 364 g/mol. The third-order valence-corrected chi connectivity index (χ3v) is 5.44. The smallest absolute Gasteiger partial charge is 0.338 e. The highest BCUT2D eigenvalue weighted by Crippen LogP contribution is 2.43. The van der Waals surface area contributed by atoms with Crippen LogP contribution < -0.4 is 0 Å². The van der Waals surface area contributed by atoms with Crippen molar-refractivity contribution in [3.8, 4) is 11.1 Å². The summed E-state index contributed by atoms with van der Waals surface area (Å²) < 4.78 is 10.9. The number of hydrogen-bond acceptors (Lipinski definition) is 5. The van der Waals surface area contributed by atoms with E-state index in [0.29, 0.717) is 12.0 Å². The molecule has 27 heavy (non-hydrogen) atoms. The molecule has 5 heteroatoms. The molecule has 2 fully saturated rings. The molecule has 0 bridgehead atoms. The molecular formula is C22H20O5. The topological polar surface area (TPSA) is 69.7 Å². The SMILES string of the molecule is CC(=O)[C@@H]1[C@H]2CC(=O)O[C@H]2C[C@H]1OC(=O)c1ccc(-c2ccccc2)cc1. The number of rotatable bonds is 4. The summed E-state index contributed by atoms with van der Waals surface area (Å²) in [6.07, 6.45) is -0.278. The van der Waals surface area contributed by atoms with E-state index in [1.165, 1.54) is 6.92 Å². The molecule has 0 amide bonds. The highest BCUT2D eigenvalue weighted by molar-refractivity contribution is 5.91. The van der Waals surface area contributed by atoms with Gasteiger partial charge in [-0.2, -0.15) is 0 Å². The van der Waals surface area contributed by atoms with Crippen LogP contribution in [-0.4, -0.2) is 29.9 Å². The number of ketones is 1. The van der Waals surface area contributed by atoms with Gasteiger partial charge in [-0.05, 0) is 30.2 Å². The molecular weight excluding hydrogens is 344 g/mol. The van der Waals surface area contributed by atoms with Crippen molar-refractivity contribution in [2.45, 2.75) is 32.0 Å². The largest absolute Gasteiger partial charge is 0.462 e. The number of hydrogen-bond donors (Lipinski definition) is 0. The molecule has 0 N–H and O–H groups in total. The van der Waals surface area contributed by atoms with Gasteiger partial charge >= 0.3 is 11.9 Å². The molecule has 138 valence electrons. The third kappa shape index (κ3) is 3.37. The van der Waals surface area contributed by atoms with Crippen LogP contribution >= 0.6 is 0 Å². The highest BCUT2D eigenvalue weighted by Gasteiger charge is 2.53. The first-order valence-corrected chi connectivity index (χ1v) is 9.09. The maximum absolute atomic E-state index is 12.6. The predicted molar refractivity (Wildman–Crippen MR) is 97.9 cm³/mol. The molecule has 1 heterocycles. The summed E-state index contributed by atoms with van der Waals surface area (Å²) in [6.45, 7) is 1.48. The van der Waals surface area contributed by atoms with Crippen molar-refractivity contribution in [2.75, 3.05) is 0 Å². The highest BCUT2D eigenvalue weighted by atomic mass is 16.6. The van der Waals surface area contributed by atoms with Crippen LogP contribution in [0.4, 0.5) is 0 Å². The molecule has 4 rings (SSSR count). The zero-order chi connectivity index (χ0) is 19.0. The molecule has 2 aromatic carbocycles. The molecule has 0 spiro atoms. The lowest BCUT2D eigenvalue weighted by molar-refractivity contribution is -0.141. The molecule has 1 saturated carbocycles. The van der Waals surface area contributed by atoms with Gasteiger partial charge in [0.25, 0.3) is 0 Å². The summed E-state index contributed by atoms with van der Waals surface area (Å²) in [4.78, 5) is 36.1. The van der Waals surface area contributed by atoms with Crippen LogP contribution in [0.5, 0.6) is 0 Å². The van der Waals surface area contributed by atoms with Crippen LogP contribution in [0.25, 0.3) is 11.1 Å². The van der Waals surface area contributed by atoms with E-state index in [2.05, 4.69) is 0 Å². The van der Waals surface area contributed by atoms with Crippen molar-refractivity contribution in [3.05, 3.63) is 60.2 Å². The Morgan fingerprint density at radius 2 is 1.67 bits per heavy atom. The summed E-state index contributed by atoms with van der Waals surface area (Å²) in [6, 6.07) is 17.1. The molecule has 1 aliphatic carbocycles. The number of Topliss-reactive ketones (excluding diaryl/α,β-unsaturated/α-hetero) is 1. The van der Waals surface area contributed by atoms with Crippen LogP contribution in [0.3, 0.4) is 0 Å². The number of esters is 2. The summed E-state index contributed by atoms with van der Waals surface area (Å²) >= 11 is 0. The van der Waals surface area contributed by atoms with Gasteiger partial charge in [-0.15, -0.1) is 0 Å². The Balaban J connectivity index is 1.47. The molecule has 2 aliphatic rings. The maximum Gasteiger partial charge on any atom is 0.338 e. The molecule has 0 radical (unpaired) electrons. The number of carbonyl (C=O) groups is 3. The van der Waals surface area contributed by atoms with Crippen LogP contribution in [0.15, 0.2) is 54.6 Å². The van der Waals surface area contributed by atoms with Gasteiger partial charge in [-0.1, -0.05) is 42.5 Å². The molecule has 0 unspecified atom stereocenters. The lowest BCUT2D eigenvalue weighted by atomic mass is 9.89. The van der Waals surface area contributed by atoms with E-state index >= 15 is 0 Å². The van der Waals surface area contributed by atoms with Crippen molar-refractivity contribution in [1.29, 1.82) is 0 Å². The number of benzene rings is 2. The Kier molecular flexibility index (Phi) is 4.52. The van der Waals surface area contributed by atoms with E-state index in [1.807, 2.05) is 42.5 Å². The van der Waals surface area contributed by atoms with Crippen LogP contribution in [0.1, 0.15) is 30.1 Å². The zero-order valence-corrected chi connectivity index (χ0v) is 15.0. The number of carbonyl (C=O) groups excluding carboxylic acids is 3. The van der Waals surface area contributed by atoms with Gasteiger partial charge in [0.15, 0.2) is 0 Å². The van der Waals surface area contributed by atoms with Gasteiger partial charge in [0.05, 0.1) is 17.9 Å². The minimum atomic E-state index is -0.549. The van der Waals surface area contributed by atoms with E-state index in [4.69, 9.17) is 9.47 Å². The Hall–Kier alpha value is -2.95. The summed E-state index contributed by atoms with van der Waals surface area (Å²) in [5.74, 6) is -1.48. The normalized spacial score (nSPS) is 26.3. The first-order valence-electron chi connectivity index (χ1n) is 9.09. The fourth-order valence-corrected chi connectivity index (χ4v) is 4.18. The van der Waals surface area contributed by atoms with Crippen molar-refractivity contribution in [2.24, 2.45) is 11.8 Å². The van der Waals surface area contributed by atoms with Gasteiger partial charge in [0.1, 0.15) is 18.0 Å². The summed E-state index contributed by atoms with van der Waals surface area (Å²) in [5, 5.41) is 0. The maximum atomic E-state index is 12.6. The molecule has 2 aromatic rings. The minimum absolute atomic E-state index is 0.0713. The van der Waals surface area contributed by atoms with E-state index in [0.717, 1.165) is 11.1 Å². The molecule has 1 saturated heterocycles. The third-order valence-electron chi connectivity index (χ3n) is 5.44. The Morgan fingerprint density at radius 1 is 1.00 bits per heavy atom. The Bertz CT molecular complexity index is 871. The lowest BCUT2D eigenvalue weighted by Crippen LogP contribution is -2.31. The second-order valence-electron chi connectivity index (χ2n) is 7.16. The lowest BCUT2D eigenvalue weighted by Gasteiger charge is -2.20. The fraction of sp³-hybridized carbons (Fsp3) is 0.318. The standard InChI is InChI=1S/C22H20O5/c1-13(23)21-17-11-20(24)26-18(17)12-19(21)27-22(25)16-9-7-15(8-10-16)14-5-3-2-4-6-14/h2-10,17-19,21H,11-12H2,1H3/t17-,18-,19+,21+/m0/s1. The van der Waals surface area contributed by atoms with E-state index in [-0.39, 0.29) is 30.2 Å². The van der Waals surface area contributed by atoms with Gasteiger partial charge in [0, 0.05) is 12.3 Å². The Labute approximate surface area is 157 Å². The van der Waals surface area contributed by atoms with Crippen molar-refractivity contribution in [3.63, 3.8) is 0 Å². The first-order chi connectivity index (χ1) is 13.0. The van der Waals surface area contributed by atoms with Crippen LogP contribution in [0, 0.1) is 11.8 Å².